The summed E-state index contributed by atoms with van der Waals surface area (Å²) in [6.45, 7) is 0.610. The maximum Gasteiger partial charge on any atom is 0.274 e. The SMILES string of the molecule is COc1cccc(C2=NCc3ccc(NC(=O)c4ncc(C#N)cc4C4CC4)cc32)c1. The molecule has 1 aliphatic carbocycles. The first kappa shape index (κ1) is 19.0. The third-order valence-corrected chi connectivity index (χ3v) is 5.65. The van der Waals surface area contributed by atoms with Crippen LogP contribution >= 0.6 is 0 Å². The van der Waals surface area contributed by atoms with Crippen LogP contribution in [0, 0.1) is 11.3 Å². The Balaban J connectivity index is 1.43. The quantitative estimate of drug-likeness (QED) is 0.676. The van der Waals surface area contributed by atoms with Crippen LogP contribution in [0.4, 0.5) is 5.69 Å². The van der Waals surface area contributed by atoms with Crippen molar-refractivity contribution in [3.05, 3.63) is 88.2 Å². The average Bonchev–Trinajstić information content (AvgIpc) is 3.58. The van der Waals surface area contributed by atoms with E-state index in [4.69, 9.17) is 15.0 Å². The van der Waals surface area contributed by atoms with Gasteiger partial charge in [0.05, 0.1) is 24.9 Å². The van der Waals surface area contributed by atoms with E-state index in [0.29, 0.717) is 29.4 Å². The van der Waals surface area contributed by atoms with Gasteiger partial charge in [-0.05, 0) is 60.2 Å². The van der Waals surface area contributed by atoms with Gasteiger partial charge in [-0.25, -0.2) is 4.98 Å². The topological polar surface area (TPSA) is 87.4 Å². The third kappa shape index (κ3) is 3.66. The Morgan fingerprint density at radius 3 is 2.84 bits per heavy atom. The number of nitriles is 1. The van der Waals surface area contributed by atoms with Crippen LogP contribution in [0.25, 0.3) is 0 Å². The molecule has 1 aliphatic heterocycles. The van der Waals surface area contributed by atoms with E-state index < -0.39 is 0 Å². The number of nitrogens with zero attached hydrogens (tertiary/aromatic N) is 3. The Morgan fingerprint density at radius 1 is 1.19 bits per heavy atom. The number of methoxy groups -OCH3 is 1. The molecule has 1 amide bonds. The summed E-state index contributed by atoms with van der Waals surface area (Å²) in [7, 11) is 1.64. The average molecular weight is 408 g/mol. The first-order valence-corrected chi connectivity index (χ1v) is 10.2. The van der Waals surface area contributed by atoms with Gasteiger partial charge in [-0.2, -0.15) is 5.26 Å². The number of aromatic nitrogens is 1. The fraction of sp³-hybridized carbons (Fsp3) is 0.200. The Labute approximate surface area is 180 Å². The molecule has 5 rings (SSSR count). The lowest BCUT2D eigenvalue weighted by Gasteiger charge is -2.11. The van der Waals surface area contributed by atoms with Crippen LogP contribution < -0.4 is 10.1 Å². The molecule has 2 heterocycles. The molecule has 0 unspecified atom stereocenters. The predicted octanol–water partition coefficient (Wildman–Crippen LogP) is 4.44. The van der Waals surface area contributed by atoms with Gasteiger partial charge < -0.3 is 10.1 Å². The molecule has 0 spiro atoms. The van der Waals surface area contributed by atoms with E-state index in [9.17, 15) is 4.79 Å². The number of aliphatic imine (C=N–C) groups is 1. The van der Waals surface area contributed by atoms with Crippen LogP contribution in [0.3, 0.4) is 0 Å². The van der Waals surface area contributed by atoms with Gasteiger partial charge in [0.1, 0.15) is 17.5 Å². The minimum Gasteiger partial charge on any atom is -0.497 e. The van der Waals surface area contributed by atoms with E-state index in [1.807, 2.05) is 42.5 Å². The molecule has 1 fully saturated rings. The fourth-order valence-corrected chi connectivity index (χ4v) is 3.91. The summed E-state index contributed by atoms with van der Waals surface area (Å²) in [5, 5.41) is 12.1. The molecule has 0 atom stereocenters. The second-order valence-electron chi connectivity index (χ2n) is 7.77. The van der Waals surface area contributed by atoms with Gasteiger partial charge in [0, 0.05) is 23.0 Å². The molecule has 1 aromatic heterocycles. The zero-order valence-corrected chi connectivity index (χ0v) is 17.1. The second kappa shape index (κ2) is 7.69. The fourth-order valence-electron chi connectivity index (χ4n) is 3.91. The maximum atomic E-state index is 13.0. The molecule has 3 aromatic rings. The van der Waals surface area contributed by atoms with Crippen molar-refractivity contribution in [1.29, 1.82) is 5.26 Å². The van der Waals surface area contributed by atoms with E-state index in [2.05, 4.69) is 16.4 Å². The van der Waals surface area contributed by atoms with Crippen molar-refractivity contribution in [2.24, 2.45) is 4.99 Å². The molecule has 0 bridgehead atoms. The number of hydrogen-bond donors (Lipinski definition) is 1. The molecule has 152 valence electrons. The molecule has 6 nitrogen and oxygen atoms in total. The van der Waals surface area contributed by atoms with E-state index in [1.54, 1.807) is 13.2 Å². The van der Waals surface area contributed by atoms with Gasteiger partial charge in [0.15, 0.2) is 0 Å². The number of ether oxygens (including phenoxy) is 1. The second-order valence-corrected chi connectivity index (χ2v) is 7.77. The highest BCUT2D eigenvalue weighted by atomic mass is 16.5. The normalized spacial score (nSPS) is 14.4. The first-order valence-electron chi connectivity index (χ1n) is 10.2. The first-order chi connectivity index (χ1) is 15.2. The molecule has 0 saturated heterocycles. The van der Waals surface area contributed by atoms with Crippen molar-refractivity contribution in [1.82, 2.24) is 4.98 Å². The Morgan fingerprint density at radius 2 is 2.06 bits per heavy atom. The van der Waals surface area contributed by atoms with Crippen LogP contribution in [-0.4, -0.2) is 23.7 Å². The molecule has 6 heteroatoms. The highest BCUT2D eigenvalue weighted by Crippen LogP contribution is 2.41. The van der Waals surface area contributed by atoms with E-state index >= 15 is 0 Å². The van der Waals surface area contributed by atoms with Gasteiger partial charge in [0.25, 0.3) is 5.91 Å². The Kier molecular flexibility index (Phi) is 4.72. The standard InChI is InChI=1S/C25H20N4O2/c1-31-20-4-2-3-17(10-20)23-22-11-19(8-7-18(22)14-28-23)29-25(30)24-21(16-5-6-16)9-15(12-26)13-27-24/h2-4,7-11,13,16H,5-6,14H2,1H3,(H,29,30). The Hall–Kier alpha value is -3.98. The summed E-state index contributed by atoms with van der Waals surface area (Å²) < 4.78 is 5.34. The van der Waals surface area contributed by atoms with Crippen molar-refractivity contribution in [3.8, 4) is 11.8 Å². The van der Waals surface area contributed by atoms with Crippen LogP contribution in [-0.2, 0) is 6.54 Å². The maximum absolute atomic E-state index is 13.0. The molecular formula is C25H20N4O2. The number of hydrogen-bond acceptors (Lipinski definition) is 5. The Bertz CT molecular complexity index is 1270. The molecule has 31 heavy (non-hydrogen) atoms. The van der Waals surface area contributed by atoms with Crippen LogP contribution in [0.1, 0.15) is 57.1 Å². The predicted molar refractivity (Wildman–Crippen MR) is 118 cm³/mol. The number of carbonyl (C=O) groups is 1. The summed E-state index contributed by atoms with van der Waals surface area (Å²) in [5.74, 6) is 0.829. The number of amides is 1. The molecule has 0 radical (unpaired) electrons. The molecule has 1 saturated carbocycles. The monoisotopic (exact) mass is 408 g/mol. The number of fused-ring (bicyclic) bond motifs is 1. The number of nitrogens with one attached hydrogen (secondary N) is 1. The minimum atomic E-state index is -0.260. The zero-order chi connectivity index (χ0) is 21.4. The highest BCUT2D eigenvalue weighted by Gasteiger charge is 2.29. The minimum absolute atomic E-state index is 0.260. The van der Waals surface area contributed by atoms with E-state index in [1.165, 1.54) is 6.20 Å². The molecule has 2 aromatic carbocycles. The highest BCUT2D eigenvalue weighted by molar-refractivity contribution is 6.16. The van der Waals surface area contributed by atoms with Gasteiger partial charge in [-0.15, -0.1) is 0 Å². The van der Waals surface area contributed by atoms with Gasteiger partial charge in [-0.3, -0.25) is 9.79 Å². The van der Waals surface area contributed by atoms with Crippen molar-refractivity contribution in [3.63, 3.8) is 0 Å². The van der Waals surface area contributed by atoms with Crippen molar-refractivity contribution < 1.29 is 9.53 Å². The summed E-state index contributed by atoms with van der Waals surface area (Å²) in [4.78, 5) is 22.0. The lowest BCUT2D eigenvalue weighted by atomic mass is 9.99. The lowest BCUT2D eigenvalue weighted by molar-refractivity contribution is 0.102. The molecule has 2 aliphatic rings. The van der Waals surface area contributed by atoms with Gasteiger partial charge in [0.2, 0.25) is 0 Å². The van der Waals surface area contributed by atoms with Gasteiger partial charge >= 0.3 is 0 Å². The summed E-state index contributed by atoms with van der Waals surface area (Å²) in [5.41, 5.74) is 6.41. The number of rotatable bonds is 5. The summed E-state index contributed by atoms with van der Waals surface area (Å²) >= 11 is 0. The van der Waals surface area contributed by atoms with Crippen molar-refractivity contribution in [2.45, 2.75) is 25.3 Å². The van der Waals surface area contributed by atoms with Crippen molar-refractivity contribution in [2.75, 3.05) is 12.4 Å². The van der Waals surface area contributed by atoms with E-state index in [0.717, 1.165) is 46.6 Å². The summed E-state index contributed by atoms with van der Waals surface area (Å²) in [6.07, 6.45) is 3.50. The van der Waals surface area contributed by atoms with Crippen LogP contribution in [0.2, 0.25) is 0 Å². The van der Waals surface area contributed by atoms with Crippen LogP contribution in [0.15, 0.2) is 59.7 Å². The largest absolute Gasteiger partial charge is 0.497 e. The number of pyridine rings is 1. The lowest BCUT2D eigenvalue weighted by Crippen LogP contribution is -2.16. The van der Waals surface area contributed by atoms with Crippen molar-refractivity contribution >= 4 is 17.3 Å². The van der Waals surface area contributed by atoms with Gasteiger partial charge in [-0.1, -0.05) is 18.2 Å². The molecular weight excluding hydrogens is 388 g/mol. The number of anilines is 1. The smallest absolute Gasteiger partial charge is 0.274 e. The third-order valence-electron chi connectivity index (χ3n) is 5.65. The number of benzene rings is 2. The summed E-state index contributed by atoms with van der Waals surface area (Å²) in [6, 6.07) is 17.5. The van der Waals surface area contributed by atoms with Crippen LogP contribution in [0.5, 0.6) is 5.75 Å². The molecule has 1 N–H and O–H groups in total. The van der Waals surface area contributed by atoms with E-state index in [-0.39, 0.29) is 5.91 Å². The zero-order valence-electron chi connectivity index (χ0n) is 17.1. The number of carbonyl (C=O) groups excluding carboxylic acids is 1.